The largest absolute Gasteiger partial charge is 0.464 e. The molecule has 0 spiro atoms. The molecule has 0 radical (unpaired) electrons. The van der Waals surface area contributed by atoms with Crippen molar-refractivity contribution in [3.8, 4) is 0 Å². The quantitative estimate of drug-likeness (QED) is 0.465. The van der Waals surface area contributed by atoms with E-state index in [0.29, 0.717) is 13.0 Å². The molecule has 0 unspecified atom stereocenters. The van der Waals surface area contributed by atoms with E-state index in [0.717, 1.165) is 31.4 Å². The van der Waals surface area contributed by atoms with Gasteiger partial charge in [0.15, 0.2) is 5.41 Å². The second kappa shape index (κ2) is 6.97. The molecule has 3 atom stereocenters. The highest BCUT2D eigenvalue weighted by atomic mass is 16.5. The number of esters is 1. The number of hydrogen-bond acceptors (Lipinski definition) is 3. The second-order valence-corrected chi connectivity index (χ2v) is 10.7. The summed E-state index contributed by atoms with van der Waals surface area (Å²) < 4.78 is 7.89. The lowest BCUT2D eigenvalue weighted by atomic mass is 9.57. The molecule has 5 nitrogen and oxygen atoms in total. The maximum Gasteiger partial charge on any atom is 0.322 e. The standard InChI is InChI=1S/C27H34N2O3/c1-6-7-11-21-22-19(18-10-8-9-12-20(18)28(22)5)13-16-29(21)23(30)27-15-14-26(4,25(27,2)3)17-32-24(27)31/h8-10,12-13,16,21H,6-7,11,14-15,17H2,1-5H3/t21-,26-,27-/m0/s1. The Hall–Kier alpha value is -2.56. The molecule has 1 aromatic carbocycles. The molecule has 32 heavy (non-hydrogen) atoms. The molecule has 1 aliphatic carbocycles. The number of benzene rings is 1. The third-order valence-electron chi connectivity index (χ3n) is 9.17. The van der Waals surface area contributed by atoms with Gasteiger partial charge in [-0.1, -0.05) is 58.7 Å². The zero-order chi connectivity index (χ0) is 22.9. The summed E-state index contributed by atoms with van der Waals surface area (Å²) in [5, 5.41) is 1.21. The number of carbonyl (C=O) groups is 2. The van der Waals surface area contributed by atoms with E-state index in [9.17, 15) is 9.59 Å². The molecule has 5 rings (SSSR count). The summed E-state index contributed by atoms with van der Waals surface area (Å²) in [4.78, 5) is 29.5. The summed E-state index contributed by atoms with van der Waals surface area (Å²) in [5.41, 5.74) is 1.75. The number of ether oxygens (including phenoxy) is 1. The van der Waals surface area contributed by atoms with Crippen molar-refractivity contribution in [1.29, 1.82) is 0 Å². The molecule has 5 heteroatoms. The number of cyclic esters (lactones) is 1. The Morgan fingerprint density at radius 2 is 1.94 bits per heavy atom. The third kappa shape index (κ3) is 2.45. The summed E-state index contributed by atoms with van der Waals surface area (Å²) in [7, 11) is 2.09. The Kier molecular flexibility index (Phi) is 4.64. The van der Waals surface area contributed by atoms with Gasteiger partial charge < -0.3 is 14.2 Å². The number of aryl methyl sites for hydroxylation is 1. The zero-order valence-corrected chi connectivity index (χ0v) is 19.9. The van der Waals surface area contributed by atoms with Gasteiger partial charge in [0.2, 0.25) is 5.91 Å². The molecule has 1 saturated carbocycles. The molecule has 3 heterocycles. The lowest BCUT2D eigenvalue weighted by Crippen LogP contribution is -2.61. The third-order valence-corrected chi connectivity index (χ3v) is 9.17. The van der Waals surface area contributed by atoms with E-state index < -0.39 is 10.8 Å². The van der Waals surface area contributed by atoms with Gasteiger partial charge in [0, 0.05) is 40.8 Å². The number of aromatic nitrogens is 1. The minimum atomic E-state index is -1.13. The van der Waals surface area contributed by atoms with Gasteiger partial charge in [-0.2, -0.15) is 0 Å². The van der Waals surface area contributed by atoms with Gasteiger partial charge in [0.1, 0.15) is 0 Å². The fourth-order valence-corrected chi connectivity index (χ4v) is 6.54. The van der Waals surface area contributed by atoms with Crippen LogP contribution in [-0.4, -0.2) is 28.0 Å². The van der Waals surface area contributed by atoms with E-state index >= 15 is 0 Å². The summed E-state index contributed by atoms with van der Waals surface area (Å²) in [5.74, 6) is -0.433. The van der Waals surface area contributed by atoms with E-state index in [1.165, 1.54) is 16.5 Å². The van der Waals surface area contributed by atoms with Crippen LogP contribution in [-0.2, 0) is 21.4 Å². The van der Waals surface area contributed by atoms with Crippen molar-refractivity contribution in [2.45, 2.75) is 65.8 Å². The van der Waals surface area contributed by atoms with Crippen LogP contribution < -0.4 is 0 Å². The Morgan fingerprint density at radius 3 is 2.69 bits per heavy atom. The smallest absolute Gasteiger partial charge is 0.322 e. The molecule has 1 amide bonds. The van der Waals surface area contributed by atoms with Crippen molar-refractivity contribution in [3.05, 3.63) is 41.7 Å². The number of rotatable bonds is 4. The minimum Gasteiger partial charge on any atom is -0.464 e. The Bertz CT molecular complexity index is 1140. The van der Waals surface area contributed by atoms with Gasteiger partial charge >= 0.3 is 5.97 Å². The van der Waals surface area contributed by atoms with Crippen LogP contribution in [0, 0.1) is 16.2 Å². The highest BCUT2D eigenvalue weighted by Gasteiger charge is 2.72. The highest BCUT2D eigenvalue weighted by Crippen LogP contribution is 2.66. The number of carbonyl (C=O) groups excluding carboxylic acids is 2. The minimum absolute atomic E-state index is 0.0911. The Balaban J connectivity index is 1.64. The molecule has 0 N–H and O–H groups in total. The van der Waals surface area contributed by atoms with Gasteiger partial charge in [0.05, 0.1) is 12.6 Å². The van der Waals surface area contributed by atoms with Crippen LogP contribution in [0.2, 0.25) is 0 Å². The van der Waals surface area contributed by atoms with Crippen molar-refractivity contribution in [1.82, 2.24) is 9.47 Å². The second-order valence-electron chi connectivity index (χ2n) is 10.7. The molecule has 2 bridgehead atoms. The molecule has 2 aliphatic heterocycles. The normalized spacial score (nSPS) is 30.5. The Morgan fingerprint density at radius 1 is 1.19 bits per heavy atom. The van der Waals surface area contributed by atoms with Gasteiger partial charge in [0.25, 0.3) is 0 Å². The number of nitrogens with zero attached hydrogens (tertiary/aromatic N) is 2. The monoisotopic (exact) mass is 434 g/mol. The van der Waals surface area contributed by atoms with Crippen LogP contribution >= 0.6 is 0 Å². The van der Waals surface area contributed by atoms with Crippen LogP contribution in [0.3, 0.4) is 0 Å². The summed E-state index contributed by atoms with van der Waals surface area (Å²) in [6, 6.07) is 8.31. The molecule has 2 aromatic rings. The number of hydrogen-bond donors (Lipinski definition) is 0. The zero-order valence-electron chi connectivity index (χ0n) is 19.9. The van der Waals surface area contributed by atoms with Crippen LogP contribution in [0.4, 0.5) is 0 Å². The maximum atomic E-state index is 14.4. The van der Waals surface area contributed by atoms with Crippen LogP contribution in [0.5, 0.6) is 0 Å². The van der Waals surface area contributed by atoms with Gasteiger partial charge in [-0.15, -0.1) is 0 Å². The van der Waals surface area contributed by atoms with Gasteiger partial charge in [-0.05, 0) is 36.8 Å². The first-order valence-electron chi connectivity index (χ1n) is 11.9. The SMILES string of the molecule is CCCC[C@H]1c2c(c3ccccc3n2C)C=CN1C(=O)[C@@]12CC[C@@](C)(COC1=O)C2(C)C. The van der Waals surface area contributed by atoms with E-state index in [4.69, 9.17) is 4.74 Å². The Labute approximate surface area is 190 Å². The van der Waals surface area contributed by atoms with E-state index in [2.05, 4.69) is 69.7 Å². The molecule has 1 saturated heterocycles. The van der Waals surface area contributed by atoms with E-state index in [1.807, 2.05) is 11.1 Å². The number of fused-ring (bicyclic) bond motifs is 5. The van der Waals surface area contributed by atoms with Crippen LogP contribution in [0.1, 0.15) is 77.1 Å². The van der Waals surface area contributed by atoms with Crippen molar-refractivity contribution >= 4 is 28.9 Å². The predicted molar refractivity (Wildman–Crippen MR) is 126 cm³/mol. The average molecular weight is 435 g/mol. The first-order chi connectivity index (χ1) is 15.2. The topological polar surface area (TPSA) is 51.5 Å². The number of amides is 1. The fraction of sp³-hybridized carbons (Fsp3) is 0.556. The van der Waals surface area contributed by atoms with Crippen molar-refractivity contribution in [2.75, 3.05) is 6.61 Å². The van der Waals surface area contributed by atoms with Gasteiger partial charge in [-0.3, -0.25) is 9.59 Å². The summed E-state index contributed by atoms with van der Waals surface area (Å²) in [6.07, 6.45) is 8.31. The average Bonchev–Trinajstić information content (AvgIpc) is 3.12. The first kappa shape index (κ1) is 21.3. The molecule has 3 aliphatic rings. The molecule has 1 aromatic heterocycles. The maximum absolute atomic E-state index is 14.4. The summed E-state index contributed by atoms with van der Waals surface area (Å²) >= 11 is 0. The van der Waals surface area contributed by atoms with E-state index in [1.54, 1.807) is 0 Å². The predicted octanol–water partition coefficient (Wildman–Crippen LogP) is 5.59. The molecule has 2 fully saturated rings. The lowest BCUT2D eigenvalue weighted by molar-refractivity contribution is -0.193. The fourth-order valence-electron chi connectivity index (χ4n) is 6.54. The van der Waals surface area contributed by atoms with Crippen LogP contribution in [0.15, 0.2) is 30.5 Å². The first-order valence-corrected chi connectivity index (χ1v) is 11.9. The van der Waals surface area contributed by atoms with Gasteiger partial charge in [-0.25, -0.2) is 0 Å². The van der Waals surface area contributed by atoms with Crippen molar-refractivity contribution < 1.29 is 14.3 Å². The van der Waals surface area contributed by atoms with E-state index in [-0.39, 0.29) is 23.3 Å². The summed E-state index contributed by atoms with van der Waals surface area (Å²) in [6.45, 7) is 8.92. The van der Waals surface area contributed by atoms with Crippen molar-refractivity contribution in [2.24, 2.45) is 23.3 Å². The number of para-hydroxylation sites is 1. The van der Waals surface area contributed by atoms with Crippen LogP contribution in [0.25, 0.3) is 17.0 Å². The highest BCUT2D eigenvalue weighted by molar-refractivity contribution is 6.06. The molecule has 170 valence electrons. The lowest BCUT2D eigenvalue weighted by Gasteiger charge is -2.51. The molecular formula is C27H34N2O3. The number of unbranched alkanes of at least 4 members (excludes halogenated alkanes) is 1. The molecular weight excluding hydrogens is 400 g/mol. The van der Waals surface area contributed by atoms with Crippen molar-refractivity contribution in [3.63, 3.8) is 0 Å².